The third kappa shape index (κ3) is 4.48. The highest BCUT2D eigenvalue weighted by molar-refractivity contribution is 8.13. The van der Waals surface area contributed by atoms with E-state index in [1.807, 2.05) is 11.8 Å². The van der Waals surface area contributed by atoms with Crippen molar-refractivity contribution >= 4 is 16.9 Å². The van der Waals surface area contributed by atoms with Gasteiger partial charge >= 0.3 is 0 Å². The lowest BCUT2D eigenvalue weighted by Gasteiger charge is -2.26. The van der Waals surface area contributed by atoms with Gasteiger partial charge in [-0.3, -0.25) is 4.99 Å². The van der Waals surface area contributed by atoms with Crippen LogP contribution in [0.5, 0.6) is 0 Å². The summed E-state index contributed by atoms with van der Waals surface area (Å²) in [5.41, 5.74) is 1.34. The molecular weight excluding hydrogens is 278 g/mol. The minimum atomic E-state index is 0.371. The van der Waals surface area contributed by atoms with E-state index in [9.17, 15) is 0 Å². The Labute approximate surface area is 132 Å². The molecule has 1 aromatic carbocycles. The Morgan fingerprint density at radius 1 is 1.14 bits per heavy atom. The molecule has 1 saturated heterocycles. The van der Waals surface area contributed by atoms with Crippen molar-refractivity contribution in [2.24, 2.45) is 4.99 Å². The number of likely N-dealkylation sites (tertiary alicyclic amines) is 1. The zero-order chi connectivity index (χ0) is 14.3. The van der Waals surface area contributed by atoms with Crippen molar-refractivity contribution in [2.75, 3.05) is 31.9 Å². The maximum atomic E-state index is 4.63. The topological polar surface area (TPSA) is 27.6 Å². The molecule has 2 aliphatic rings. The van der Waals surface area contributed by atoms with Gasteiger partial charge in [0.15, 0.2) is 5.17 Å². The van der Waals surface area contributed by atoms with Crippen molar-refractivity contribution in [3.05, 3.63) is 35.9 Å². The van der Waals surface area contributed by atoms with Gasteiger partial charge in [-0.1, -0.05) is 48.5 Å². The van der Waals surface area contributed by atoms with Crippen LogP contribution in [0.3, 0.4) is 0 Å². The summed E-state index contributed by atoms with van der Waals surface area (Å²) < 4.78 is 0. The molecule has 0 bridgehead atoms. The fourth-order valence-electron chi connectivity index (χ4n) is 3.02. The van der Waals surface area contributed by atoms with E-state index in [1.165, 1.54) is 56.6 Å². The molecule has 0 aromatic heterocycles. The molecule has 0 saturated carbocycles. The summed E-state index contributed by atoms with van der Waals surface area (Å²) in [6.07, 6.45) is 5.47. The molecule has 1 atom stereocenters. The van der Waals surface area contributed by atoms with Crippen LogP contribution in [-0.4, -0.2) is 42.0 Å². The highest BCUT2D eigenvalue weighted by Crippen LogP contribution is 2.21. The van der Waals surface area contributed by atoms with Crippen molar-refractivity contribution in [1.82, 2.24) is 10.2 Å². The third-order valence-corrected chi connectivity index (χ3v) is 5.24. The monoisotopic (exact) mass is 303 g/mol. The SMILES string of the molecule is c1ccc(C2CN=C(SCCCN3CCCCC3)N2)cc1. The molecule has 2 heterocycles. The summed E-state index contributed by atoms with van der Waals surface area (Å²) in [6.45, 7) is 4.74. The van der Waals surface area contributed by atoms with Gasteiger partial charge in [0.2, 0.25) is 0 Å². The number of benzene rings is 1. The molecule has 0 amide bonds. The number of hydrogen-bond donors (Lipinski definition) is 1. The minimum absolute atomic E-state index is 0.371. The number of rotatable bonds is 5. The van der Waals surface area contributed by atoms with E-state index in [4.69, 9.17) is 0 Å². The predicted octanol–water partition coefficient (Wildman–Crippen LogP) is 3.30. The van der Waals surface area contributed by atoms with Crippen LogP contribution >= 0.6 is 11.8 Å². The second-order valence-electron chi connectivity index (χ2n) is 5.86. The van der Waals surface area contributed by atoms with E-state index >= 15 is 0 Å². The molecule has 1 fully saturated rings. The summed E-state index contributed by atoms with van der Waals surface area (Å²) >= 11 is 1.88. The highest BCUT2D eigenvalue weighted by atomic mass is 32.2. The third-order valence-electron chi connectivity index (χ3n) is 4.22. The molecule has 3 nitrogen and oxygen atoms in total. The standard InChI is InChI=1S/C17H25N3S/c1-3-8-15(9-4-1)16-14-18-17(19-16)21-13-7-12-20-10-5-2-6-11-20/h1,3-4,8-9,16H,2,5-7,10-14H2,(H,18,19). The lowest BCUT2D eigenvalue weighted by Crippen LogP contribution is -2.31. The van der Waals surface area contributed by atoms with Gasteiger partial charge in [-0.15, -0.1) is 0 Å². The summed E-state index contributed by atoms with van der Waals surface area (Å²) in [5, 5.41) is 4.67. The zero-order valence-electron chi connectivity index (χ0n) is 12.6. The zero-order valence-corrected chi connectivity index (χ0v) is 13.4. The molecule has 1 aromatic rings. The van der Waals surface area contributed by atoms with Crippen LogP contribution in [0.25, 0.3) is 0 Å². The second kappa shape index (κ2) is 7.85. The van der Waals surface area contributed by atoms with E-state index in [0.717, 1.165) is 11.7 Å². The van der Waals surface area contributed by atoms with Crippen molar-refractivity contribution in [3.8, 4) is 0 Å². The first kappa shape index (κ1) is 14.9. The maximum Gasteiger partial charge on any atom is 0.157 e. The van der Waals surface area contributed by atoms with Gasteiger partial charge in [0.25, 0.3) is 0 Å². The Hall–Kier alpha value is -1.00. The van der Waals surface area contributed by atoms with Crippen LogP contribution in [0.1, 0.15) is 37.3 Å². The molecule has 114 valence electrons. The van der Waals surface area contributed by atoms with Crippen LogP contribution in [-0.2, 0) is 0 Å². The molecular formula is C17H25N3S. The number of thioether (sulfide) groups is 1. The van der Waals surface area contributed by atoms with E-state index in [2.05, 4.69) is 45.5 Å². The lowest BCUT2D eigenvalue weighted by molar-refractivity contribution is 0.230. The van der Waals surface area contributed by atoms with Crippen LogP contribution in [0.4, 0.5) is 0 Å². The number of piperidine rings is 1. The van der Waals surface area contributed by atoms with Crippen molar-refractivity contribution < 1.29 is 0 Å². The minimum Gasteiger partial charge on any atom is -0.356 e. The molecule has 0 spiro atoms. The fourth-order valence-corrected chi connectivity index (χ4v) is 3.87. The van der Waals surface area contributed by atoms with Gasteiger partial charge in [-0.2, -0.15) is 0 Å². The Morgan fingerprint density at radius 3 is 2.76 bits per heavy atom. The maximum absolute atomic E-state index is 4.63. The fraction of sp³-hybridized carbons (Fsp3) is 0.588. The van der Waals surface area contributed by atoms with Crippen molar-refractivity contribution in [2.45, 2.75) is 31.7 Å². The molecule has 0 radical (unpaired) electrons. The van der Waals surface area contributed by atoms with Gasteiger partial charge < -0.3 is 10.2 Å². The van der Waals surface area contributed by atoms with Crippen molar-refractivity contribution in [1.29, 1.82) is 0 Å². The predicted molar refractivity (Wildman–Crippen MR) is 92.0 cm³/mol. The number of amidine groups is 1. The number of aliphatic imine (C=N–C) groups is 1. The highest BCUT2D eigenvalue weighted by Gasteiger charge is 2.19. The summed E-state index contributed by atoms with van der Waals surface area (Å²) in [6, 6.07) is 11.0. The Bertz CT molecular complexity index is 454. The Kier molecular flexibility index (Phi) is 5.58. The largest absolute Gasteiger partial charge is 0.356 e. The molecule has 2 aliphatic heterocycles. The first-order chi connectivity index (χ1) is 10.4. The van der Waals surface area contributed by atoms with E-state index in [0.29, 0.717) is 6.04 Å². The quantitative estimate of drug-likeness (QED) is 0.846. The lowest BCUT2D eigenvalue weighted by atomic mass is 10.1. The van der Waals surface area contributed by atoms with Gasteiger partial charge in [0, 0.05) is 5.75 Å². The van der Waals surface area contributed by atoms with Gasteiger partial charge in [0.05, 0.1) is 12.6 Å². The van der Waals surface area contributed by atoms with Gasteiger partial charge in [0.1, 0.15) is 0 Å². The average molecular weight is 303 g/mol. The van der Waals surface area contributed by atoms with Crippen LogP contribution in [0.15, 0.2) is 35.3 Å². The molecule has 4 heteroatoms. The second-order valence-corrected chi connectivity index (χ2v) is 6.94. The van der Waals surface area contributed by atoms with E-state index in [1.54, 1.807) is 0 Å². The summed E-state index contributed by atoms with van der Waals surface area (Å²) in [7, 11) is 0. The number of nitrogens with one attached hydrogen (secondary N) is 1. The Morgan fingerprint density at radius 2 is 1.95 bits per heavy atom. The Balaban J connectivity index is 1.33. The average Bonchev–Trinajstić information content (AvgIpc) is 3.02. The van der Waals surface area contributed by atoms with Crippen LogP contribution in [0.2, 0.25) is 0 Å². The van der Waals surface area contributed by atoms with Gasteiger partial charge in [-0.05, 0) is 44.5 Å². The molecule has 3 rings (SSSR count). The normalized spacial score (nSPS) is 22.9. The first-order valence-corrected chi connectivity index (χ1v) is 9.11. The number of nitrogens with zero attached hydrogens (tertiary/aromatic N) is 2. The van der Waals surface area contributed by atoms with E-state index in [-0.39, 0.29) is 0 Å². The molecule has 1 N–H and O–H groups in total. The molecule has 21 heavy (non-hydrogen) atoms. The van der Waals surface area contributed by atoms with Crippen molar-refractivity contribution in [3.63, 3.8) is 0 Å². The smallest absolute Gasteiger partial charge is 0.157 e. The van der Waals surface area contributed by atoms with Crippen LogP contribution < -0.4 is 5.32 Å². The summed E-state index contributed by atoms with van der Waals surface area (Å²) in [4.78, 5) is 7.24. The van der Waals surface area contributed by atoms with E-state index < -0.39 is 0 Å². The van der Waals surface area contributed by atoms with Gasteiger partial charge in [-0.25, -0.2) is 0 Å². The number of hydrogen-bond acceptors (Lipinski definition) is 4. The molecule has 1 unspecified atom stereocenters. The van der Waals surface area contributed by atoms with Crippen LogP contribution in [0, 0.1) is 0 Å². The summed E-state index contributed by atoms with van der Waals surface area (Å²) in [5.74, 6) is 1.17. The molecule has 0 aliphatic carbocycles. The first-order valence-electron chi connectivity index (χ1n) is 8.13.